The number of hydrogen-bond donors (Lipinski definition) is 1. The lowest BCUT2D eigenvalue weighted by Crippen LogP contribution is -2.45. The Kier molecular flexibility index (Phi) is 5.80. The van der Waals surface area contributed by atoms with Gasteiger partial charge in [0.2, 0.25) is 0 Å². The van der Waals surface area contributed by atoms with Crippen molar-refractivity contribution >= 4 is 0 Å². The molecular formula is C17H25FN2O2. The number of piperazine rings is 1. The number of rotatable bonds is 6. The van der Waals surface area contributed by atoms with E-state index in [4.69, 9.17) is 9.47 Å². The van der Waals surface area contributed by atoms with Gasteiger partial charge < -0.3 is 14.8 Å². The summed E-state index contributed by atoms with van der Waals surface area (Å²) in [6, 6.07) is 3.13. The summed E-state index contributed by atoms with van der Waals surface area (Å²) in [6.07, 6.45) is 0.729. The molecular weight excluding hydrogens is 283 g/mol. The van der Waals surface area contributed by atoms with Crippen molar-refractivity contribution in [2.75, 3.05) is 40.4 Å². The molecule has 0 saturated carbocycles. The summed E-state index contributed by atoms with van der Waals surface area (Å²) in [4.78, 5) is 2.30. The van der Waals surface area contributed by atoms with Gasteiger partial charge >= 0.3 is 0 Å². The molecule has 0 amide bonds. The molecule has 1 atom stereocenters. The molecule has 5 heteroatoms. The van der Waals surface area contributed by atoms with Gasteiger partial charge in [0.05, 0.1) is 14.2 Å². The normalized spacial score (nSPS) is 17.1. The Hall–Kier alpha value is -1.59. The maximum Gasteiger partial charge on any atom is 0.163 e. The summed E-state index contributed by atoms with van der Waals surface area (Å²) < 4.78 is 25.1. The number of methoxy groups -OCH3 is 2. The van der Waals surface area contributed by atoms with Gasteiger partial charge in [-0.25, -0.2) is 4.39 Å². The fraction of sp³-hybridized carbons (Fsp3) is 0.529. The van der Waals surface area contributed by atoms with Gasteiger partial charge in [0.25, 0.3) is 0 Å². The van der Waals surface area contributed by atoms with Crippen LogP contribution in [-0.4, -0.2) is 45.3 Å². The average molecular weight is 308 g/mol. The van der Waals surface area contributed by atoms with E-state index in [2.05, 4.69) is 16.8 Å². The lowest BCUT2D eigenvalue weighted by molar-refractivity contribution is 0.169. The van der Waals surface area contributed by atoms with Crippen LogP contribution in [-0.2, 0) is 0 Å². The molecule has 122 valence electrons. The second-order valence-corrected chi connectivity index (χ2v) is 5.69. The van der Waals surface area contributed by atoms with E-state index >= 15 is 0 Å². The quantitative estimate of drug-likeness (QED) is 0.819. The Labute approximate surface area is 131 Å². The van der Waals surface area contributed by atoms with Gasteiger partial charge in [-0.3, -0.25) is 4.90 Å². The monoisotopic (exact) mass is 308 g/mol. The summed E-state index contributed by atoms with van der Waals surface area (Å²) in [5.74, 6) is 0.710. The molecule has 0 unspecified atom stereocenters. The number of nitrogens with zero attached hydrogens (tertiary/aromatic N) is 1. The molecule has 0 aliphatic carbocycles. The van der Waals surface area contributed by atoms with Crippen LogP contribution in [0.4, 0.5) is 4.39 Å². The van der Waals surface area contributed by atoms with Gasteiger partial charge in [-0.15, -0.1) is 6.58 Å². The van der Waals surface area contributed by atoms with Crippen molar-refractivity contribution in [3.8, 4) is 11.5 Å². The third kappa shape index (κ3) is 3.78. The SMILES string of the molecule is C=C(C)C[C@H](c1cc(OC)c(OC)cc1F)N1CCNCC1. The summed E-state index contributed by atoms with van der Waals surface area (Å²) in [5, 5.41) is 3.33. The summed E-state index contributed by atoms with van der Waals surface area (Å²) in [5.41, 5.74) is 1.68. The molecule has 0 spiro atoms. The Bertz CT molecular complexity index is 528. The number of halogens is 1. The van der Waals surface area contributed by atoms with Crippen molar-refractivity contribution in [2.45, 2.75) is 19.4 Å². The first-order valence-electron chi connectivity index (χ1n) is 7.57. The smallest absolute Gasteiger partial charge is 0.163 e. The first kappa shape index (κ1) is 16.8. The molecule has 1 aromatic carbocycles. The minimum Gasteiger partial charge on any atom is -0.493 e. The summed E-state index contributed by atoms with van der Waals surface area (Å²) in [6.45, 7) is 9.61. The molecule has 2 rings (SSSR count). The fourth-order valence-corrected chi connectivity index (χ4v) is 2.88. The van der Waals surface area contributed by atoms with Gasteiger partial charge in [0.15, 0.2) is 11.5 Å². The van der Waals surface area contributed by atoms with Crippen molar-refractivity contribution in [2.24, 2.45) is 0 Å². The van der Waals surface area contributed by atoms with E-state index in [0.717, 1.165) is 38.2 Å². The van der Waals surface area contributed by atoms with E-state index < -0.39 is 0 Å². The van der Waals surface area contributed by atoms with E-state index in [9.17, 15) is 4.39 Å². The molecule has 1 saturated heterocycles. The molecule has 1 aliphatic heterocycles. The molecule has 22 heavy (non-hydrogen) atoms. The fourth-order valence-electron chi connectivity index (χ4n) is 2.88. The molecule has 1 aliphatic rings. The molecule has 0 aromatic heterocycles. The molecule has 1 fully saturated rings. The van der Waals surface area contributed by atoms with Crippen LogP contribution in [0.3, 0.4) is 0 Å². The van der Waals surface area contributed by atoms with Crippen LogP contribution >= 0.6 is 0 Å². The van der Waals surface area contributed by atoms with E-state index in [-0.39, 0.29) is 11.9 Å². The van der Waals surface area contributed by atoms with Crippen LogP contribution < -0.4 is 14.8 Å². The minimum atomic E-state index is -0.262. The average Bonchev–Trinajstić information content (AvgIpc) is 2.53. The molecule has 1 heterocycles. The van der Waals surface area contributed by atoms with Gasteiger partial charge in [0, 0.05) is 43.9 Å². The largest absolute Gasteiger partial charge is 0.493 e. The highest BCUT2D eigenvalue weighted by Gasteiger charge is 2.26. The first-order valence-corrected chi connectivity index (χ1v) is 7.57. The first-order chi connectivity index (χ1) is 10.6. The lowest BCUT2D eigenvalue weighted by Gasteiger charge is -2.35. The van der Waals surface area contributed by atoms with Crippen molar-refractivity contribution < 1.29 is 13.9 Å². The van der Waals surface area contributed by atoms with Crippen LogP contribution in [0.1, 0.15) is 24.9 Å². The number of hydrogen-bond acceptors (Lipinski definition) is 4. The molecule has 0 bridgehead atoms. The highest BCUT2D eigenvalue weighted by Crippen LogP contribution is 2.36. The predicted octanol–water partition coefficient (Wildman–Crippen LogP) is 2.76. The van der Waals surface area contributed by atoms with Crippen LogP contribution in [0, 0.1) is 5.82 Å². The van der Waals surface area contributed by atoms with Gasteiger partial charge in [-0.2, -0.15) is 0 Å². The highest BCUT2D eigenvalue weighted by atomic mass is 19.1. The maximum absolute atomic E-state index is 14.6. The van der Waals surface area contributed by atoms with Crippen LogP contribution in [0.5, 0.6) is 11.5 Å². The Morgan fingerprint density at radius 1 is 1.27 bits per heavy atom. The number of ether oxygens (including phenoxy) is 2. The second kappa shape index (κ2) is 7.61. The van der Waals surface area contributed by atoms with Crippen molar-refractivity contribution in [1.82, 2.24) is 10.2 Å². The zero-order valence-electron chi connectivity index (χ0n) is 13.6. The molecule has 1 N–H and O–H groups in total. The van der Waals surface area contributed by atoms with Gasteiger partial charge in [-0.05, 0) is 19.4 Å². The zero-order valence-corrected chi connectivity index (χ0v) is 13.6. The minimum absolute atomic E-state index is 0.0283. The van der Waals surface area contributed by atoms with E-state index in [1.807, 2.05) is 6.92 Å². The second-order valence-electron chi connectivity index (χ2n) is 5.69. The molecule has 1 aromatic rings. The van der Waals surface area contributed by atoms with Crippen LogP contribution in [0.25, 0.3) is 0 Å². The van der Waals surface area contributed by atoms with E-state index in [1.54, 1.807) is 13.2 Å². The van der Waals surface area contributed by atoms with Crippen molar-refractivity contribution in [3.63, 3.8) is 0 Å². The van der Waals surface area contributed by atoms with Crippen molar-refractivity contribution in [3.05, 3.63) is 35.7 Å². The Morgan fingerprint density at radius 3 is 2.41 bits per heavy atom. The summed E-state index contributed by atoms with van der Waals surface area (Å²) in [7, 11) is 3.08. The molecule has 4 nitrogen and oxygen atoms in total. The third-order valence-electron chi connectivity index (χ3n) is 4.00. The Morgan fingerprint density at radius 2 is 1.86 bits per heavy atom. The standard InChI is InChI=1S/C17H25FN2O2/c1-12(2)9-15(20-7-5-19-6-8-20)13-10-16(21-3)17(22-4)11-14(13)18/h10-11,15,19H,1,5-9H2,2-4H3/t15-/m1/s1. The van der Waals surface area contributed by atoms with E-state index in [1.165, 1.54) is 13.2 Å². The highest BCUT2D eigenvalue weighted by molar-refractivity contribution is 5.45. The molecule has 0 radical (unpaired) electrons. The van der Waals surface area contributed by atoms with Gasteiger partial charge in [0.1, 0.15) is 5.82 Å². The predicted molar refractivity (Wildman–Crippen MR) is 86.1 cm³/mol. The number of nitrogens with one attached hydrogen (secondary N) is 1. The van der Waals surface area contributed by atoms with E-state index in [0.29, 0.717) is 17.1 Å². The van der Waals surface area contributed by atoms with Gasteiger partial charge in [-0.1, -0.05) is 5.57 Å². The zero-order chi connectivity index (χ0) is 16.1. The maximum atomic E-state index is 14.6. The van der Waals surface area contributed by atoms with Crippen molar-refractivity contribution in [1.29, 1.82) is 0 Å². The Balaban J connectivity index is 2.39. The topological polar surface area (TPSA) is 33.7 Å². The number of benzene rings is 1. The third-order valence-corrected chi connectivity index (χ3v) is 4.00. The summed E-state index contributed by atoms with van der Waals surface area (Å²) >= 11 is 0. The lowest BCUT2D eigenvalue weighted by atomic mass is 9.97. The van der Waals surface area contributed by atoms with Crippen LogP contribution in [0.15, 0.2) is 24.3 Å². The van der Waals surface area contributed by atoms with Crippen LogP contribution in [0.2, 0.25) is 0 Å².